The van der Waals surface area contributed by atoms with Crippen LogP contribution in [0.25, 0.3) is 0 Å². The SMILES string of the molecule is CCN(CC)S(=O)(=O)Nc1cc(C#CCO)ccc1OC. The number of aliphatic hydroxyl groups is 1. The Morgan fingerprint density at radius 3 is 2.52 bits per heavy atom. The number of methoxy groups -OCH3 is 1. The molecule has 0 aliphatic rings. The van der Waals surface area contributed by atoms with Crippen molar-refractivity contribution in [2.45, 2.75) is 13.8 Å². The molecule has 116 valence electrons. The van der Waals surface area contributed by atoms with Crippen LogP contribution in [-0.2, 0) is 10.2 Å². The van der Waals surface area contributed by atoms with Crippen LogP contribution in [-0.4, -0.2) is 44.6 Å². The number of hydrogen-bond donors (Lipinski definition) is 2. The Hall–Kier alpha value is -1.75. The van der Waals surface area contributed by atoms with Crippen LogP contribution in [0.2, 0.25) is 0 Å². The van der Waals surface area contributed by atoms with Crippen molar-refractivity contribution < 1.29 is 18.3 Å². The maximum atomic E-state index is 12.2. The summed E-state index contributed by atoms with van der Waals surface area (Å²) < 4.78 is 33.4. The third kappa shape index (κ3) is 4.63. The zero-order chi connectivity index (χ0) is 15.9. The highest BCUT2D eigenvalue weighted by Crippen LogP contribution is 2.26. The first-order chi connectivity index (χ1) is 9.98. The third-order valence-electron chi connectivity index (χ3n) is 2.80. The topological polar surface area (TPSA) is 78.9 Å². The van der Waals surface area contributed by atoms with E-state index in [9.17, 15) is 8.42 Å². The quantitative estimate of drug-likeness (QED) is 0.769. The van der Waals surface area contributed by atoms with E-state index in [0.717, 1.165) is 0 Å². The van der Waals surface area contributed by atoms with E-state index in [0.29, 0.717) is 30.1 Å². The van der Waals surface area contributed by atoms with E-state index in [4.69, 9.17) is 9.84 Å². The number of hydrogen-bond acceptors (Lipinski definition) is 4. The molecule has 0 radical (unpaired) electrons. The number of ether oxygens (including phenoxy) is 1. The van der Waals surface area contributed by atoms with E-state index >= 15 is 0 Å². The minimum atomic E-state index is -3.64. The molecule has 0 amide bonds. The zero-order valence-electron chi connectivity index (χ0n) is 12.4. The van der Waals surface area contributed by atoms with Gasteiger partial charge in [0.25, 0.3) is 0 Å². The Labute approximate surface area is 125 Å². The molecule has 1 aromatic rings. The molecule has 0 saturated carbocycles. The largest absolute Gasteiger partial charge is 0.495 e. The lowest BCUT2D eigenvalue weighted by molar-refractivity contribution is 0.350. The van der Waals surface area contributed by atoms with Crippen LogP contribution < -0.4 is 9.46 Å². The first kappa shape index (κ1) is 17.3. The summed E-state index contributed by atoms with van der Waals surface area (Å²) >= 11 is 0. The van der Waals surface area contributed by atoms with Gasteiger partial charge in [-0.05, 0) is 18.2 Å². The fourth-order valence-corrected chi connectivity index (χ4v) is 3.02. The fraction of sp³-hybridized carbons (Fsp3) is 0.429. The molecular formula is C14H20N2O4S. The second kappa shape index (κ2) is 7.88. The zero-order valence-corrected chi connectivity index (χ0v) is 13.2. The molecule has 0 atom stereocenters. The van der Waals surface area contributed by atoms with Gasteiger partial charge in [-0.2, -0.15) is 12.7 Å². The van der Waals surface area contributed by atoms with E-state index < -0.39 is 10.2 Å². The molecule has 0 fully saturated rings. The summed E-state index contributed by atoms with van der Waals surface area (Å²) in [4.78, 5) is 0. The fourth-order valence-electron chi connectivity index (χ4n) is 1.77. The molecule has 1 aromatic carbocycles. The van der Waals surface area contributed by atoms with Crippen molar-refractivity contribution in [3.8, 4) is 17.6 Å². The number of benzene rings is 1. The minimum absolute atomic E-state index is 0.257. The molecule has 0 spiro atoms. The maximum Gasteiger partial charge on any atom is 0.301 e. The van der Waals surface area contributed by atoms with E-state index in [-0.39, 0.29) is 6.61 Å². The first-order valence-corrected chi connectivity index (χ1v) is 7.98. The van der Waals surface area contributed by atoms with Crippen LogP contribution >= 0.6 is 0 Å². The summed E-state index contributed by atoms with van der Waals surface area (Å²) in [6, 6.07) is 4.89. The van der Waals surface area contributed by atoms with E-state index in [1.165, 1.54) is 11.4 Å². The third-order valence-corrected chi connectivity index (χ3v) is 4.47. The predicted molar refractivity (Wildman–Crippen MR) is 82.4 cm³/mol. The van der Waals surface area contributed by atoms with Gasteiger partial charge in [-0.3, -0.25) is 4.72 Å². The molecule has 0 heterocycles. The Balaban J connectivity index is 3.16. The minimum Gasteiger partial charge on any atom is -0.495 e. The molecule has 0 bridgehead atoms. The summed E-state index contributed by atoms with van der Waals surface area (Å²) in [5, 5.41) is 8.70. The summed E-state index contributed by atoms with van der Waals surface area (Å²) in [6.45, 7) is 4.02. The van der Waals surface area contributed by atoms with E-state index in [2.05, 4.69) is 16.6 Å². The summed E-state index contributed by atoms with van der Waals surface area (Å²) in [6.07, 6.45) is 0. The Bertz CT molecular complexity index is 628. The molecule has 0 aliphatic heterocycles. The standard InChI is InChI=1S/C14H20N2O4S/c1-4-16(5-2)21(18,19)15-13-11-12(7-6-10-17)8-9-14(13)20-3/h8-9,11,15,17H,4-5,10H2,1-3H3. The predicted octanol–water partition coefficient (Wildman–Crippen LogP) is 1.04. The van der Waals surface area contributed by atoms with Gasteiger partial charge >= 0.3 is 10.2 Å². The van der Waals surface area contributed by atoms with Crippen LogP contribution in [0, 0.1) is 11.8 Å². The summed E-state index contributed by atoms with van der Waals surface area (Å²) in [7, 11) is -2.18. The lowest BCUT2D eigenvalue weighted by Crippen LogP contribution is -2.35. The van der Waals surface area contributed by atoms with Gasteiger partial charge in [0.1, 0.15) is 12.4 Å². The monoisotopic (exact) mass is 312 g/mol. The summed E-state index contributed by atoms with van der Waals surface area (Å²) in [5.41, 5.74) is 0.899. The molecule has 0 saturated heterocycles. The summed E-state index contributed by atoms with van der Waals surface area (Å²) in [5.74, 6) is 5.64. The van der Waals surface area contributed by atoms with Crippen LogP contribution in [0.3, 0.4) is 0 Å². The normalized spacial score (nSPS) is 10.9. The van der Waals surface area contributed by atoms with Gasteiger partial charge in [0.15, 0.2) is 0 Å². The smallest absolute Gasteiger partial charge is 0.301 e. The second-order valence-electron chi connectivity index (χ2n) is 4.07. The number of nitrogens with one attached hydrogen (secondary N) is 1. The Morgan fingerprint density at radius 1 is 1.33 bits per heavy atom. The molecule has 0 aliphatic carbocycles. The average molecular weight is 312 g/mol. The van der Waals surface area contributed by atoms with Crippen LogP contribution in [0.4, 0.5) is 5.69 Å². The van der Waals surface area contributed by atoms with Gasteiger partial charge in [0, 0.05) is 18.7 Å². The molecule has 0 unspecified atom stereocenters. The van der Waals surface area contributed by atoms with E-state index in [1.807, 2.05) is 0 Å². The number of rotatable bonds is 6. The average Bonchev–Trinajstić information content (AvgIpc) is 2.45. The first-order valence-electron chi connectivity index (χ1n) is 6.54. The molecule has 2 N–H and O–H groups in total. The highest BCUT2D eigenvalue weighted by molar-refractivity contribution is 7.90. The highest BCUT2D eigenvalue weighted by atomic mass is 32.2. The Morgan fingerprint density at radius 2 is 2.00 bits per heavy atom. The van der Waals surface area contributed by atoms with Crippen LogP contribution in [0.5, 0.6) is 5.75 Å². The molecular weight excluding hydrogens is 292 g/mol. The van der Waals surface area contributed by atoms with Crippen molar-refractivity contribution in [3.05, 3.63) is 23.8 Å². The maximum absolute atomic E-state index is 12.2. The molecule has 0 aromatic heterocycles. The molecule has 1 rings (SSSR count). The number of anilines is 1. The highest BCUT2D eigenvalue weighted by Gasteiger charge is 2.20. The van der Waals surface area contributed by atoms with Crippen LogP contribution in [0.1, 0.15) is 19.4 Å². The van der Waals surface area contributed by atoms with Gasteiger partial charge < -0.3 is 9.84 Å². The Kier molecular flexibility index (Phi) is 6.49. The van der Waals surface area contributed by atoms with Gasteiger partial charge in [0.2, 0.25) is 0 Å². The van der Waals surface area contributed by atoms with Crippen molar-refractivity contribution in [1.29, 1.82) is 0 Å². The van der Waals surface area contributed by atoms with Crippen molar-refractivity contribution in [1.82, 2.24) is 4.31 Å². The van der Waals surface area contributed by atoms with Crippen molar-refractivity contribution in [2.75, 3.05) is 31.5 Å². The van der Waals surface area contributed by atoms with Crippen molar-refractivity contribution in [3.63, 3.8) is 0 Å². The van der Waals surface area contributed by atoms with Crippen LogP contribution in [0.15, 0.2) is 18.2 Å². The van der Waals surface area contributed by atoms with Gasteiger partial charge in [-0.25, -0.2) is 0 Å². The van der Waals surface area contributed by atoms with Gasteiger partial charge in [-0.1, -0.05) is 25.7 Å². The molecule has 7 heteroatoms. The number of aliphatic hydroxyl groups excluding tert-OH is 1. The van der Waals surface area contributed by atoms with Gasteiger partial charge in [0.05, 0.1) is 12.8 Å². The molecule has 6 nitrogen and oxygen atoms in total. The van der Waals surface area contributed by atoms with E-state index in [1.54, 1.807) is 32.0 Å². The lowest BCUT2D eigenvalue weighted by Gasteiger charge is -2.20. The second-order valence-corrected chi connectivity index (χ2v) is 5.74. The number of nitrogens with zero attached hydrogens (tertiary/aromatic N) is 1. The van der Waals surface area contributed by atoms with Crippen molar-refractivity contribution in [2.24, 2.45) is 0 Å². The van der Waals surface area contributed by atoms with Crippen molar-refractivity contribution >= 4 is 15.9 Å². The van der Waals surface area contributed by atoms with Gasteiger partial charge in [-0.15, -0.1) is 0 Å². The molecule has 21 heavy (non-hydrogen) atoms. The lowest BCUT2D eigenvalue weighted by atomic mass is 10.2.